The summed E-state index contributed by atoms with van der Waals surface area (Å²) in [5.41, 5.74) is 6.98. The Hall–Kier alpha value is -1.56. The number of ether oxygens (including phenoxy) is 1. The summed E-state index contributed by atoms with van der Waals surface area (Å²) < 4.78 is 4.71. The van der Waals surface area contributed by atoms with E-state index in [-0.39, 0.29) is 5.91 Å². The summed E-state index contributed by atoms with van der Waals surface area (Å²) in [6, 6.07) is 0. The minimum absolute atomic E-state index is 0.102. The van der Waals surface area contributed by atoms with Gasteiger partial charge in [0.25, 0.3) is 5.91 Å². The molecule has 1 aromatic rings. The lowest BCUT2D eigenvalue weighted by Gasteiger charge is -2.21. The van der Waals surface area contributed by atoms with E-state index in [1.54, 1.807) is 11.8 Å². The van der Waals surface area contributed by atoms with E-state index in [0.29, 0.717) is 34.1 Å². The fraction of sp³-hybridized carbons (Fsp3) is 0.571. The number of hydrogen-bond donors (Lipinski definition) is 1. The van der Waals surface area contributed by atoms with Crippen molar-refractivity contribution in [1.82, 2.24) is 4.90 Å². The van der Waals surface area contributed by atoms with Crippen LogP contribution >= 0.6 is 11.3 Å². The van der Waals surface area contributed by atoms with Crippen molar-refractivity contribution < 1.29 is 14.3 Å². The van der Waals surface area contributed by atoms with E-state index in [4.69, 9.17) is 10.5 Å². The quantitative estimate of drug-likeness (QED) is 0.820. The number of methoxy groups -OCH3 is 1. The second-order valence-corrected chi connectivity index (χ2v) is 5.63. The van der Waals surface area contributed by atoms with E-state index in [1.807, 2.05) is 13.8 Å². The molecule has 1 amide bonds. The molecule has 112 valence electrons. The van der Waals surface area contributed by atoms with Gasteiger partial charge in [0.1, 0.15) is 4.88 Å². The molecule has 0 unspecified atom stereocenters. The third-order valence-electron chi connectivity index (χ3n) is 3.03. The molecule has 1 rings (SSSR count). The lowest BCUT2D eigenvalue weighted by Crippen LogP contribution is -2.33. The van der Waals surface area contributed by atoms with Crippen LogP contribution in [0.3, 0.4) is 0 Å². The highest BCUT2D eigenvalue weighted by Crippen LogP contribution is 2.32. The molecule has 0 aliphatic carbocycles. The summed E-state index contributed by atoms with van der Waals surface area (Å²) in [4.78, 5) is 26.4. The van der Waals surface area contributed by atoms with Gasteiger partial charge in [-0.25, -0.2) is 4.79 Å². The van der Waals surface area contributed by atoms with E-state index in [0.717, 1.165) is 24.2 Å². The summed E-state index contributed by atoms with van der Waals surface area (Å²) in [5.74, 6) is -0.550. The van der Waals surface area contributed by atoms with Crippen molar-refractivity contribution in [1.29, 1.82) is 0 Å². The van der Waals surface area contributed by atoms with Gasteiger partial charge in [-0.2, -0.15) is 0 Å². The first-order valence-electron chi connectivity index (χ1n) is 6.74. The van der Waals surface area contributed by atoms with Crippen molar-refractivity contribution in [3.05, 3.63) is 16.0 Å². The molecule has 0 aliphatic rings. The Labute approximate surface area is 123 Å². The van der Waals surface area contributed by atoms with Crippen molar-refractivity contribution in [3.63, 3.8) is 0 Å². The number of nitrogen functional groups attached to an aromatic ring is 1. The Bertz CT molecular complexity index is 491. The SMILES string of the molecule is CCCN(CCC)C(=O)c1c(N)sc(C(=O)OC)c1C. The number of carbonyl (C=O) groups is 2. The molecule has 0 aromatic carbocycles. The molecule has 0 bridgehead atoms. The molecule has 1 heterocycles. The molecule has 1 aromatic heterocycles. The fourth-order valence-corrected chi connectivity index (χ4v) is 3.09. The maximum atomic E-state index is 12.6. The summed E-state index contributed by atoms with van der Waals surface area (Å²) >= 11 is 1.11. The average Bonchev–Trinajstić information content (AvgIpc) is 2.72. The Kier molecular flexibility index (Phi) is 6.01. The summed E-state index contributed by atoms with van der Waals surface area (Å²) in [7, 11) is 1.32. The van der Waals surface area contributed by atoms with Crippen LogP contribution in [0, 0.1) is 6.92 Å². The minimum atomic E-state index is -0.448. The molecule has 0 fully saturated rings. The first-order chi connectivity index (χ1) is 9.47. The van der Waals surface area contributed by atoms with Crippen molar-refractivity contribution >= 4 is 28.2 Å². The van der Waals surface area contributed by atoms with Crippen LogP contribution in [0.2, 0.25) is 0 Å². The highest BCUT2D eigenvalue weighted by Gasteiger charge is 2.26. The first kappa shape index (κ1) is 16.5. The minimum Gasteiger partial charge on any atom is -0.465 e. The van der Waals surface area contributed by atoms with Crippen LogP contribution in [0.25, 0.3) is 0 Å². The van der Waals surface area contributed by atoms with Crippen LogP contribution in [-0.4, -0.2) is 37.0 Å². The van der Waals surface area contributed by atoms with Gasteiger partial charge in [-0.3, -0.25) is 4.79 Å². The van der Waals surface area contributed by atoms with Gasteiger partial charge in [-0.15, -0.1) is 11.3 Å². The van der Waals surface area contributed by atoms with Crippen LogP contribution < -0.4 is 5.73 Å². The highest BCUT2D eigenvalue weighted by molar-refractivity contribution is 7.18. The van der Waals surface area contributed by atoms with Gasteiger partial charge < -0.3 is 15.4 Å². The normalized spacial score (nSPS) is 10.4. The van der Waals surface area contributed by atoms with Gasteiger partial charge >= 0.3 is 5.97 Å². The second kappa shape index (κ2) is 7.28. The van der Waals surface area contributed by atoms with E-state index in [9.17, 15) is 9.59 Å². The molecule has 6 heteroatoms. The van der Waals surface area contributed by atoms with Crippen LogP contribution in [0.1, 0.15) is 52.3 Å². The third kappa shape index (κ3) is 3.30. The smallest absolute Gasteiger partial charge is 0.348 e. The zero-order valence-electron chi connectivity index (χ0n) is 12.5. The summed E-state index contributed by atoms with van der Waals surface area (Å²) in [6.45, 7) is 7.17. The standard InChI is InChI=1S/C14H22N2O3S/c1-5-7-16(8-6-2)13(17)10-9(3)11(14(18)19-4)20-12(10)15/h5-8,15H2,1-4H3. The van der Waals surface area contributed by atoms with Gasteiger partial charge in [-0.1, -0.05) is 13.8 Å². The molecule has 20 heavy (non-hydrogen) atoms. The zero-order valence-corrected chi connectivity index (χ0v) is 13.3. The molecule has 0 spiro atoms. The number of hydrogen-bond acceptors (Lipinski definition) is 5. The van der Waals surface area contributed by atoms with Gasteiger partial charge in [0, 0.05) is 13.1 Å². The number of nitrogens with two attached hydrogens (primary N) is 1. The zero-order chi connectivity index (χ0) is 15.3. The van der Waals surface area contributed by atoms with Crippen LogP contribution in [0.4, 0.5) is 5.00 Å². The molecule has 0 atom stereocenters. The number of amides is 1. The maximum absolute atomic E-state index is 12.6. The fourth-order valence-electron chi connectivity index (χ4n) is 2.10. The van der Waals surface area contributed by atoms with Crippen LogP contribution in [0.15, 0.2) is 0 Å². The van der Waals surface area contributed by atoms with Crippen LogP contribution in [-0.2, 0) is 4.74 Å². The van der Waals surface area contributed by atoms with Gasteiger partial charge in [0.15, 0.2) is 0 Å². The third-order valence-corrected chi connectivity index (χ3v) is 4.13. The predicted octanol–water partition coefficient (Wildman–Crippen LogP) is 2.69. The topological polar surface area (TPSA) is 72.6 Å². The van der Waals surface area contributed by atoms with E-state index >= 15 is 0 Å². The number of rotatable bonds is 6. The summed E-state index contributed by atoms with van der Waals surface area (Å²) in [6.07, 6.45) is 1.78. The number of carbonyl (C=O) groups excluding carboxylic acids is 2. The Morgan fingerprint density at radius 2 is 1.80 bits per heavy atom. The van der Waals surface area contributed by atoms with E-state index in [1.165, 1.54) is 7.11 Å². The molecular weight excluding hydrogens is 276 g/mol. The number of esters is 1. The van der Waals surface area contributed by atoms with Crippen molar-refractivity contribution in [2.45, 2.75) is 33.6 Å². The van der Waals surface area contributed by atoms with E-state index < -0.39 is 5.97 Å². The molecule has 2 N–H and O–H groups in total. The van der Waals surface area contributed by atoms with Crippen molar-refractivity contribution in [3.8, 4) is 0 Å². The van der Waals surface area contributed by atoms with Crippen molar-refractivity contribution in [2.24, 2.45) is 0 Å². The lowest BCUT2D eigenvalue weighted by molar-refractivity contribution is 0.0605. The highest BCUT2D eigenvalue weighted by atomic mass is 32.1. The first-order valence-corrected chi connectivity index (χ1v) is 7.55. The average molecular weight is 298 g/mol. The maximum Gasteiger partial charge on any atom is 0.348 e. The van der Waals surface area contributed by atoms with Gasteiger partial charge in [0.05, 0.1) is 17.7 Å². The summed E-state index contributed by atoms with van der Waals surface area (Å²) in [5, 5.41) is 0.380. The predicted molar refractivity (Wildman–Crippen MR) is 81.3 cm³/mol. The monoisotopic (exact) mass is 298 g/mol. The van der Waals surface area contributed by atoms with Gasteiger partial charge in [-0.05, 0) is 25.3 Å². The Morgan fingerprint density at radius 1 is 1.25 bits per heavy atom. The molecule has 0 saturated carbocycles. The largest absolute Gasteiger partial charge is 0.465 e. The van der Waals surface area contributed by atoms with E-state index in [2.05, 4.69) is 0 Å². The van der Waals surface area contributed by atoms with Crippen LogP contribution in [0.5, 0.6) is 0 Å². The number of thiophene rings is 1. The lowest BCUT2D eigenvalue weighted by atomic mass is 10.1. The molecule has 0 saturated heterocycles. The van der Waals surface area contributed by atoms with Gasteiger partial charge in [0.2, 0.25) is 0 Å². The molecule has 5 nitrogen and oxygen atoms in total. The van der Waals surface area contributed by atoms with Crippen molar-refractivity contribution in [2.75, 3.05) is 25.9 Å². The molecular formula is C14H22N2O3S. The Morgan fingerprint density at radius 3 is 2.25 bits per heavy atom. The molecule has 0 radical (unpaired) electrons. The molecule has 0 aliphatic heterocycles. The number of nitrogens with zero attached hydrogens (tertiary/aromatic N) is 1. The second-order valence-electron chi connectivity index (χ2n) is 4.58. The Balaban J connectivity index is 3.15. The number of anilines is 1.